The van der Waals surface area contributed by atoms with Crippen LogP contribution in [0.5, 0.6) is 5.75 Å². The Labute approximate surface area is 90.1 Å². The van der Waals surface area contributed by atoms with Crippen LogP contribution in [-0.2, 0) is 6.54 Å². The van der Waals surface area contributed by atoms with Crippen LogP contribution in [0.1, 0.15) is 18.4 Å². The van der Waals surface area contributed by atoms with Gasteiger partial charge in [0.05, 0.1) is 13.2 Å². The minimum atomic E-state index is -0.157. The van der Waals surface area contributed by atoms with E-state index < -0.39 is 0 Å². The molecule has 0 spiro atoms. The number of aliphatic hydroxyl groups excluding tert-OH is 1. The standard InChI is InChI=1S/C12H17NO2/c1-15-10-4-2-3-9(7-10)8-13-11-5-6-12(11)14/h2-4,7,11-14H,5-6,8H2,1H3/t11-,12-/m1/s1. The van der Waals surface area contributed by atoms with E-state index in [1.165, 1.54) is 5.56 Å². The van der Waals surface area contributed by atoms with Gasteiger partial charge in [0.25, 0.3) is 0 Å². The highest BCUT2D eigenvalue weighted by Gasteiger charge is 2.27. The number of ether oxygens (including phenoxy) is 1. The Hall–Kier alpha value is -1.06. The summed E-state index contributed by atoms with van der Waals surface area (Å²) in [5.41, 5.74) is 1.19. The number of aliphatic hydroxyl groups is 1. The van der Waals surface area contributed by atoms with Gasteiger partial charge in [0.1, 0.15) is 5.75 Å². The molecule has 0 saturated heterocycles. The molecule has 3 nitrogen and oxygen atoms in total. The summed E-state index contributed by atoms with van der Waals surface area (Å²) < 4.78 is 5.15. The molecule has 0 bridgehead atoms. The number of methoxy groups -OCH3 is 1. The monoisotopic (exact) mass is 207 g/mol. The minimum absolute atomic E-state index is 0.157. The second kappa shape index (κ2) is 4.64. The molecule has 0 radical (unpaired) electrons. The van der Waals surface area contributed by atoms with Crippen LogP contribution in [0.15, 0.2) is 24.3 Å². The summed E-state index contributed by atoms with van der Waals surface area (Å²) >= 11 is 0. The van der Waals surface area contributed by atoms with E-state index in [9.17, 15) is 5.11 Å². The molecule has 2 N–H and O–H groups in total. The number of rotatable bonds is 4. The van der Waals surface area contributed by atoms with E-state index in [0.29, 0.717) is 0 Å². The molecular formula is C12H17NO2. The minimum Gasteiger partial charge on any atom is -0.497 e. The normalized spacial score (nSPS) is 24.7. The third-order valence-electron chi connectivity index (χ3n) is 2.94. The Morgan fingerprint density at radius 2 is 2.33 bits per heavy atom. The first-order valence-corrected chi connectivity index (χ1v) is 5.34. The first kappa shape index (κ1) is 10.5. The summed E-state index contributed by atoms with van der Waals surface area (Å²) in [6.45, 7) is 0.791. The first-order chi connectivity index (χ1) is 7.29. The maximum atomic E-state index is 9.40. The van der Waals surface area contributed by atoms with E-state index in [1.807, 2.05) is 18.2 Å². The quantitative estimate of drug-likeness (QED) is 0.782. The van der Waals surface area contributed by atoms with Gasteiger partial charge in [0.2, 0.25) is 0 Å². The molecule has 2 rings (SSSR count). The van der Waals surface area contributed by atoms with Crippen LogP contribution in [0.4, 0.5) is 0 Å². The molecule has 82 valence electrons. The lowest BCUT2D eigenvalue weighted by molar-refractivity contribution is 0.0493. The number of hydrogen-bond donors (Lipinski definition) is 2. The molecule has 2 atom stereocenters. The Morgan fingerprint density at radius 3 is 2.93 bits per heavy atom. The summed E-state index contributed by atoms with van der Waals surface area (Å²) in [6.07, 6.45) is 1.84. The van der Waals surface area contributed by atoms with Crippen molar-refractivity contribution < 1.29 is 9.84 Å². The van der Waals surface area contributed by atoms with Crippen molar-refractivity contribution in [2.75, 3.05) is 7.11 Å². The van der Waals surface area contributed by atoms with Crippen LogP contribution in [0, 0.1) is 0 Å². The van der Waals surface area contributed by atoms with E-state index in [-0.39, 0.29) is 12.1 Å². The van der Waals surface area contributed by atoms with Crippen molar-refractivity contribution in [3.8, 4) is 5.75 Å². The highest BCUT2D eigenvalue weighted by atomic mass is 16.5. The summed E-state index contributed by atoms with van der Waals surface area (Å²) in [5.74, 6) is 0.878. The van der Waals surface area contributed by atoms with Gasteiger partial charge < -0.3 is 15.2 Å². The van der Waals surface area contributed by atoms with Crippen LogP contribution < -0.4 is 10.1 Å². The molecule has 1 fully saturated rings. The van der Waals surface area contributed by atoms with Crippen molar-refractivity contribution >= 4 is 0 Å². The van der Waals surface area contributed by atoms with Crippen LogP contribution >= 0.6 is 0 Å². The Bertz CT molecular complexity index is 327. The van der Waals surface area contributed by atoms with Crippen molar-refractivity contribution in [3.05, 3.63) is 29.8 Å². The van der Waals surface area contributed by atoms with Gasteiger partial charge in [0.15, 0.2) is 0 Å². The molecule has 0 unspecified atom stereocenters. The summed E-state index contributed by atoms with van der Waals surface area (Å²) in [4.78, 5) is 0. The molecular weight excluding hydrogens is 190 g/mol. The van der Waals surface area contributed by atoms with Gasteiger partial charge in [0, 0.05) is 12.6 Å². The topological polar surface area (TPSA) is 41.5 Å². The highest BCUT2D eigenvalue weighted by molar-refractivity contribution is 5.28. The van der Waals surface area contributed by atoms with E-state index in [2.05, 4.69) is 11.4 Å². The third-order valence-corrected chi connectivity index (χ3v) is 2.94. The Balaban J connectivity index is 1.87. The molecule has 1 aromatic rings. The smallest absolute Gasteiger partial charge is 0.119 e. The van der Waals surface area contributed by atoms with Crippen LogP contribution in [0.25, 0.3) is 0 Å². The van der Waals surface area contributed by atoms with Gasteiger partial charge in [-0.15, -0.1) is 0 Å². The van der Waals surface area contributed by atoms with Crippen molar-refractivity contribution in [3.63, 3.8) is 0 Å². The Kier molecular flexibility index (Phi) is 3.23. The number of hydrogen-bond acceptors (Lipinski definition) is 3. The van der Waals surface area contributed by atoms with Gasteiger partial charge >= 0.3 is 0 Å². The second-order valence-corrected chi connectivity index (χ2v) is 3.98. The zero-order valence-corrected chi connectivity index (χ0v) is 8.94. The first-order valence-electron chi connectivity index (χ1n) is 5.34. The second-order valence-electron chi connectivity index (χ2n) is 3.98. The van der Waals surface area contributed by atoms with Crippen molar-refractivity contribution in [2.24, 2.45) is 0 Å². The van der Waals surface area contributed by atoms with Gasteiger partial charge in [-0.3, -0.25) is 0 Å². The lowest BCUT2D eigenvalue weighted by atomic mass is 9.89. The maximum absolute atomic E-state index is 9.40. The Morgan fingerprint density at radius 1 is 1.47 bits per heavy atom. The molecule has 1 aliphatic rings. The molecule has 1 aromatic carbocycles. The summed E-state index contributed by atoms with van der Waals surface area (Å²) in [6, 6.07) is 8.25. The van der Waals surface area contributed by atoms with Gasteiger partial charge in [-0.25, -0.2) is 0 Å². The molecule has 1 aliphatic carbocycles. The van der Waals surface area contributed by atoms with Crippen molar-refractivity contribution in [1.29, 1.82) is 0 Å². The highest BCUT2D eigenvalue weighted by Crippen LogP contribution is 2.20. The van der Waals surface area contributed by atoms with Gasteiger partial charge in [-0.2, -0.15) is 0 Å². The van der Waals surface area contributed by atoms with Crippen molar-refractivity contribution in [2.45, 2.75) is 31.5 Å². The molecule has 0 aliphatic heterocycles. The lowest BCUT2D eigenvalue weighted by Gasteiger charge is -2.33. The average molecular weight is 207 g/mol. The van der Waals surface area contributed by atoms with Crippen LogP contribution in [0.2, 0.25) is 0 Å². The van der Waals surface area contributed by atoms with E-state index >= 15 is 0 Å². The predicted octanol–water partition coefficient (Wildman–Crippen LogP) is 1.31. The fourth-order valence-electron chi connectivity index (χ4n) is 1.75. The largest absolute Gasteiger partial charge is 0.497 e. The average Bonchev–Trinajstić information content (AvgIpc) is 2.27. The van der Waals surface area contributed by atoms with Crippen LogP contribution in [-0.4, -0.2) is 24.4 Å². The number of nitrogens with one attached hydrogen (secondary N) is 1. The van der Waals surface area contributed by atoms with Crippen LogP contribution in [0.3, 0.4) is 0 Å². The van der Waals surface area contributed by atoms with Gasteiger partial charge in [-0.05, 0) is 30.5 Å². The fourth-order valence-corrected chi connectivity index (χ4v) is 1.75. The lowest BCUT2D eigenvalue weighted by Crippen LogP contribution is -2.47. The summed E-state index contributed by atoms with van der Waals surface area (Å²) in [5, 5.41) is 12.7. The molecule has 15 heavy (non-hydrogen) atoms. The molecule has 3 heteroatoms. The molecule has 1 saturated carbocycles. The third kappa shape index (κ3) is 2.49. The van der Waals surface area contributed by atoms with Gasteiger partial charge in [-0.1, -0.05) is 12.1 Å². The SMILES string of the molecule is COc1cccc(CN[C@@H]2CC[C@H]2O)c1. The zero-order chi connectivity index (χ0) is 10.7. The van der Waals surface area contributed by atoms with Crippen molar-refractivity contribution in [1.82, 2.24) is 5.32 Å². The molecule has 0 heterocycles. The predicted molar refractivity (Wildman–Crippen MR) is 58.9 cm³/mol. The van der Waals surface area contributed by atoms with E-state index in [1.54, 1.807) is 7.11 Å². The summed E-state index contributed by atoms with van der Waals surface area (Å²) in [7, 11) is 1.67. The number of benzene rings is 1. The maximum Gasteiger partial charge on any atom is 0.119 e. The fraction of sp³-hybridized carbons (Fsp3) is 0.500. The molecule has 0 amide bonds. The van der Waals surface area contributed by atoms with E-state index in [4.69, 9.17) is 4.74 Å². The van der Waals surface area contributed by atoms with E-state index in [0.717, 1.165) is 25.1 Å². The zero-order valence-electron chi connectivity index (χ0n) is 8.94. The molecule has 0 aromatic heterocycles.